The Kier molecular flexibility index (Phi) is 3.71. The number of hydrogen-bond acceptors (Lipinski definition) is 4. The fraction of sp³-hybridized carbons (Fsp3) is 0.647. The molecule has 0 N–H and O–H groups in total. The molecule has 0 radical (unpaired) electrons. The van der Waals surface area contributed by atoms with E-state index in [2.05, 4.69) is 4.98 Å². The number of halogens is 1. The number of likely N-dealkylation sites (tertiary alicyclic amines) is 1. The van der Waals surface area contributed by atoms with Crippen LogP contribution in [-0.2, 0) is 9.53 Å². The minimum Gasteiger partial charge on any atom is -0.475 e. The number of nitrogens with zero attached hydrogens (tertiary/aromatic N) is 2. The average Bonchev–Trinajstić information content (AvgIpc) is 3.21. The van der Waals surface area contributed by atoms with Gasteiger partial charge in [0.25, 0.3) is 0 Å². The quantitative estimate of drug-likeness (QED) is 0.833. The van der Waals surface area contributed by atoms with Crippen molar-refractivity contribution in [2.45, 2.75) is 31.3 Å². The van der Waals surface area contributed by atoms with E-state index in [4.69, 9.17) is 9.47 Å². The summed E-state index contributed by atoms with van der Waals surface area (Å²) >= 11 is 0. The first-order chi connectivity index (χ1) is 11.2. The van der Waals surface area contributed by atoms with Crippen molar-refractivity contribution in [2.75, 3.05) is 26.3 Å². The highest BCUT2D eigenvalue weighted by Gasteiger charge is 2.54. The molecule has 1 saturated carbocycles. The van der Waals surface area contributed by atoms with Crippen molar-refractivity contribution in [2.24, 2.45) is 11.8 Å². The second-order valence-electron chi connectivity index (χ2n) is 6.90. The third-order valence-corrected chi connectivity index (χ3v) is 5.18. The molecule has 1 aromatic heterocycles. The number of pyridine rings is 1. The van der Waals surface area contributed by atoms with E-state index >= 15 is 0 Å². The van der Waals surface area contributed by atoms with E-state index in [1.807, 2.05) is 4.90 Å². The van der Waals surface area contributed by atoms with Crippen molar-refractivity contribution in [1.82, 2.24) is 9.88 Å². The van der Waals surface area contributed by atoms with Crippen molar-refractivity contribution in [3.05, 3.63) is 24.1 Å². The molecule has 2 aliphatic heterocycles. The first-order valence-electron chi connectivity index (χ1n) is 8.31. The van der Waals surface area contributed by atoms with Gasteiger partial charge in [0.1, 0.15) is 5.60 Å². The zero-order valence-electron chi connectivity index (χ0n) is 13.0. The molecular weight excluding hydrogens is 299 g/mol. The van der Waals surface area contributed by atoms with Crippen molar-refractivity contribution in [3.63, 3.8) is 0 Å². The summed E-state index contributed by atoms with van der Waals surface area (Å²) in [6, 6.07) is 2.88. The van der Waals surface area contributed by atoms with Crippen LogP contribution in [0.2, 0.25) is 0 Å². The van der Waals surface area contributed by atoms with Gasteiger partial charge in [0.05, 0.1) is 19.7 Å². The van der Waals surface area contributed by atoms with Crippen LogP contribution in [0.5, 0.6) is 5.88 Å². The Morgan fingerprint density at radius 3 is 3.00 bits per heavy atom. The molecule has 1 aromatic rings. The number of aromatic nitrogens is 1. The monoisotopic (exact) mass is 320 g/mol. The van der Waals surface area contributed by atoms with E-state index in [-0.39, 0.29) is 23.3 Å². The summed E-state index contributed by atoms with van der Waals surface area (Å²) in [5.74, 6) is 0.610. The summed E-state index contributed by atoms with van der Waals surface area (Å²) < 4.78 is 25.0. The molecule has 0 bridgehead atoms. The van der Waals surface area contributed by atoms with Gasteiger partial charge in [0.2, 0.25) is 11.8 Å². The Bertz CT molecular complexity index is 599. The van der Waals surface area contributed by atoms with E-state index in [9.17, 15) is 9.18 Å². The van der Waals surface area contributed by atoms with Crippen LogP contribution in [-0.4, -0.2) is 47.7 Å². The number of carbonyl (C=O) groups excluding carboxylic acids is 1. The maximum Gasteiger partial charge on any atom is 0.250 e. The Morgan fingerprint density at radius 1 is 1.43 bits per heavy atom. The predicted molar refractivity (Wildman–Crippen MR) is 80.4 cm³/mol. The maximum atomic E-state index is 13.6. The fourth-order valence-corrected chi connectivity index (χ4v) is 3.50. The molecule has 4 rings (SSSR count). The van der Waals surface area contributed by atoms with Crippen LogP contribution in [0.1, 0.15) is 25.7 Å². The summed E-state index contributed by atoms with van der Waals surface area (Å²) in [7, 11) is 0. The molecule has 23 heavy (non-hydrogen) atoms. The topological polar surface area (TPSA) is 51.7 Å². The van der Waals surface area contributed by atoms with Crippen molar-refractivity contribution in [3.8, 4) is 5.88 Å². The molecule has 1 spiro atoms. The van der Waals surface area contributed by atoms with Gasteiger partial charge >= 0.3 is 0 Å². The van der Waals surface area contributed by atoms with Crippen LogP contribution in [0.15, 0.2) is 18.3 Å². The van der Waals surface area contributed by atoms with E-state index in [1.165, 1.54) is 31.2 Å². The highest BCUT2D eigenvalue weighted by atomic mass is 19.1. The first-order valence-corrected chi connectivity index (χ1v) is 8.31. The summed E-state index contributed by atoms with van der Waals surface area (Å²) in [6.07, 6.45) is 5.44. The van der Waals surface area contributed by atoms with Crippen LogP contribution in [0, 0.1) is 17.7 Å². The van der Waals surface area contributed by atoms with E-state index in [0.717, 1.165) is 6.42 Å². The molecule has 1 aliphatic carbocycles. The second kappa shape index (κ2) is 5.74. The molecule has 0 aromatic carbocycles. The molecule has 124 valence electrons. The summed E-state index contributed by atoms with van der Waals surface area (Å²) in [5, 5.41) is 0. The van der Waals surface area contributed by atoms with Crippen LogP contribution >= 0.6 is 0 Å². The lowest BCUT2D eigenvalue weighted by molar-refractivity contribution is -0.167. The predicted octanol–water partition coefficient (Wildman–Crippen LogP) is 2.02. The highest BCUT2D eigenvalue weighted by Crippen LogP contribution is 2.41. The molecule has 1 amide bonds. The zero-order chi connectivity index (χ0) is 15.9. The van der Waals surface area contributed by atoms with Crippen LogP contribution < -0.4 is 4.74 Å². The number of ether oxygens (including phenoxy) is 2. The molecule has 1 atom stereocenters. The Hall–Kier alpha value is -1.69. The molecule has 3 heterocycles. The number of carbonyl (C=O) groups is 1. The molecule has 5 nitrogen and oxygen atoms in total. The number of hydrogen-bond donors (Lipinski definition) is 0. The third-order valence-electron chi connectivity index (χ3n) is 5.18. The Labute approximate surface area is 134 Å². The van der Waals surface area contributed by atoms with Crippen molar-refractivity contribution < 1.29 is 18.7 Å². The minimum atomic E-state index is -0.449. The van der Waals surface area contributed by atoms with Gasteiger partial charge in [-0.1, -0.05) is 0 Å². The van der Waals surface area contributed by atoms with Gasteiger partial charge in [0, 0.05) is 25.1 Å². The van der Waals surface area contributed by atoms with Gasteiger partial charge < -0.3 is 14.4 Å². The van der Waals surface area contributed by atoms with E-state index < -0.39 is 5.82 Å². The standard InChI is InChI=1S/C17H21FN2O3/c18-14-2-1-6-19-16(14)22-9-13-5-7-23-17(13)10-20(11-17)15(21)8-12-3-4-12/h1-2,6,12-13H,3-5,7-11H2. The van der Waals surface area contributed by atoms with Gasteiger partial charge in [-0.05, 0) is 37.3 Å². The molecule has 6 heteroatoms. The fourth-order valence-electron chi connectivity index (χ4n) is 3.50. The Morgan fingerprint density at radius 2 is 2.26 bits per heavy atom. The molecule has 2 saturated heterocycles. The SMILES string of the molecule is O=C(CC1CC1)N1CC2(C1)OCCC2COc1ncccc1F. The Balaban J connectivity index is 1.32. The van der Waals surface area contributed by atoms with Crippen molar-refractivity contribution in [1.29, 1.82) is 0 Å². The van der Waals surface area contributed by atoms with Crippen LogP contribution in [0.25, 0.3) is 0 Å². The normalized spacial score (nSPS) is 25.4. The first kappa shape index (κ1) is 14.9. The highest BCUT2D eigenvalue weighted by molar-refractivity contribution is 5.78. The van der Waals surface area contributed by atoms with Gasteiger partial charge in [-0.25, -0.2) is 9.37 Å². The molecule has 3 fully saturated rings. The van der Waals surface area contributed by atoms with Crippen molar-refractivity contribution >= 4 is 5.91 Å². The molecule has 3 aliphatic rings. The molecular formula is C17H21FN2O3. The smallest absolute Gasteiger partial charge is 0.250 e. The second-order valence-corrected chi connectivity index (χ2v) is 6.90. The number of rotatable bonds is 5. The third kappa shape index (κ3) is 2.92. The van der Waals surface area contributed by atoms with Gasteiger partial charge in [-0.15, -0.1) is 0 Å². The van der Waals surface area contributed by atoms with Gasteiger partial charge in [-0.2, -0.15) is 0 Å². The lowest BCUT2D eigenvalue weighted by Gasteiger charge is -2.50. The van der Waals surface area contributed by atoms with E-state index in [1.54, 1.807) is 0 Å². The van der Waals surface area contributed by atoms with Crippen LogP contribution in [0.4, 0.5) is 4.39 Å². The van der Waals surface area contributed by atoms with Crippen LogP contribution in [0.3, 0.4) is 0 Å². The van der Waals surface area contributed by atoms with E-state index in [0.29, 0.717) is 38.6 Å². The largest absolute Gasteiger partial charge is 0.475 e. The summed E-state index contributed by atoms with van der Waals surface area (Å²) in [4.78, 5) is 17.9. The lowest BCUT2D eigenvalue weighted by Crippen LogP contribution is -2.66. The maximum absolute atomic E-state index is 13.6. The molecule has 1 unspecified atom stereocenters. The lowest BCUT2D eigenvalue weighted by atomic mass is 9.81. The summed E-state index contributed by atoms with van der Waals surface area (Å²) in [6.45, 7) is 2.32. The average molecular weight is 320 g/mol. The van der Waals surface area contributed by atoms with Gasteiger partial charge in [-0.3, -0.25) is 4.79 Å². The minimum absolute atomic E-state index is 0.0375. The van der Waals surface area contributed by atoms with Gasteiger partial charge in [0.15, 0.2) is 5.82 Å². The number of amides is 1. The summed E-state index contributed by atoms with van der Waals surface area (Å²) in [5.41, 5.74) is -0.301. The zero-order valence-corrected chi connectivity index (χ0v) is 13.0.